The van der Waals surface area contributed by atoms with Crippen molar-refractivity contribution >= 4 is 11.6 Å². The first kappa shape index (κ1) is 14.8. The van der Waals surface area contributed by atoms with Crippen molar-refractivity contribution in [2.45, 2.75) is 13.5 Å². The average molecular weight is 306 g/mol. The number of amides is 1. The van der Waals surface area contributed by atoms with E-state index in [0.29, 0.717) is 12.1 Å². The molecule has 1 aromatic heterocycles. The molecule has 0 spiro atoms. The third-order valence-corrected chi connectivity index (χ3v) is 3.66. The molecule has 5 heteroatoms. The van der Waals surface area contributed by atoms with Crippen LogP contribution in [0.5, 0.6) is 0 Å². The molecule has 0 aliphatic heterocycles. The van der Waals surface area contributed by atoms with Gasteiger partial charge in [0.1, 0.15) is 0 Å². The Morgan fingerprint density at radius 2 is 2.00 bits per heavy atom. The van der Waals surface area contributed by atoms with Gasteiger partial charge in [0.2, 0.25) is 5.91 Å². The van der Waals surface area contributed by atoms with Gasteiger partial charge in [-0.3, -0.25) is 4.79 Å². The SMILES string of the molecule is Cc1ccc(C(N)=O)cc1NCc1cnn(-c2ccccc2)c1. The van der Waals surface area contributed by atoms with Crippen LogP contribution >= 0.6 is 0 Å². The topological polar surface area (TPSA) is 72.9 Å². The molecule has 3 rings (SSSR count). The molecule has 3 N–H and O–H groups in total. The number of para-hydroxylation sites is 1. The molecule has 116 valence electrons. The summed E-state index contributed by atoms with van der Waals surface area (Å²) in [5.74, 6) is -0.426. The molecule has 0 saturated heterocycles. The fraction of sp³-hybridized carbons (Fsp3) is 0.111. The Hall–Kier alpha value is -3.08. The van der Waals surface area contributed by atoms with Crippen molar-refractivity contribution in [2.75, 3.05) is 5.32 Å². The van der Waals surface area contributed by atoms with Gasteiger partial charge in [0, 0.05) is 29.6 Å². The number of aryl methyl sites for hydroxylation is 1. The summed E-state index contributed by atoms with van der Waals surface area (Å²) in [5, 5.41) is 7.70. The second kappa shape index (κ2) is 6.36. The van der Waals surface area contributed by atoms with E-state index in [1.54, 1.807) is 12.1 Å². The van der Waals surface area contributed by atoms with Crippen molar-refractivity contribution in [3.05, 3.63) is 77.6 Å². The average Bonchev–Trinajstić information content (AvgIpc) is 3.03. The number of rotatable bonds is 5. The summed E-state index contributed by atoms with van der Waals surface area (Å²) >= 11 is 0. The van der Waals surface area contributed by atoms with Gasteiger partial charge < -0.3 is 11.1 Å². The number of hydrogen-bond acceptors (Lipinski definition) is 3. The van der Waals surface area contributed by atoms with E-state index < -0.39 is 5.91 Å². The third-order valence-electron chi connectivity index (χ3n) is 3.66. The van der Waals surface area contributed by atoms with Crippen LogP contribution in [-0.2, 0) is 6.54 Å². The zero-order valence-electron chi connectivity index (χ0n) is 12.9. The summed E-state index contributed by atoms with van der Waals surface area (Å²) in [7, 11) is 0. The minimum Gasteiger partial charge on any atom is -0.381 e. The van der Waals surface area contributed by atoms with Gasteiger partial charge in [-0.05, 0) is 36.8 Å². The fourth-order valence-electron chi connectivity index (χ4n) is 2.34. The highest BCUT2D eigenvalue weighted by Crippen LogP contribution is 2.18. The molecule has 23 heavy (non-hydrogen) atoms. The van der Waals surface area contributed by atoms with Crippen LogP contribution in [0.4, 0.5) is 5.69 Å². The van der Waals surface area contributed by atoms with Gasteiger partial charge >= 0.3 is 0 Å². The smallest absolute Gasteiger partial charge is 0.248 e. The van der Waals surface area contributed by atoms with Gasteiger partial charge in [-0.15, -0.1) is 0 Å². The van der Waals surface area contributed by atoms with E-state index in [1.807, 2.05) is 60.4 Å². The van der Waals surface area contributed by atoms with Crippen LogP contribution in [0, 0.1) is 6.92 Å². The molecular weight excluding hydrogens is 288 g/mol. The lowest BCUT2D eigenvalue weighted by molar-refractivity contribution is 0.100. The van der Waals surface area contributed by atoms with E-state index in [2.05, 4.69) is 10.4 Å². The number of benzene rings is 2. The summed E-state index contributed by atoms with van der Waals surface area (Å²) in [6.45, 7) is 2.61. The number of anilines is 1. The zero-order chi connectivity index (χ0) is 16.2. The summed E-state index contributed by atoms with van der Waals surface area (Å²) < 4.78 is 1.84. The Morgan fingerprint density at radius 1 is 1.22 bits per heavy atom. The molecular formula is C18H18N4O. The maximum atomic E-state index is 11.3. The monoisotopic (exact) mass is 306 g/mol. The molecule has 0 atom stereocenters. The highest BCUT2D eigenvalue weighted by molar-refractivity contribution is 5.94. The first-order valence-corrected chi connectivity index (χ1v) is 7.37. The molecule has 0 fully saturated rings. The first-order chi connectivity index (χ1) is 11.1. The molecule has 3 aromatic rings. The van der Waals surface area contributed by atoms with Gasteiger partial charge in [0.05, 0.1) is 11.9 Å². The quantitative estimate of drug-likeness (QED) is 0.761. The molecule has 0 aliphatic carbocycles. The van der Waals surface area contributed by atoms with E-state index >= 15 is 0 Å². The second-order valence-corrected chi connectivity index (χ2v) is 5.38. The first-order valence-electron chi connectivity index (χ1n) is 7.37. The summed E-state index contributed by atoms with van der Waals surface area (Å²) in [6, 6.07) is 15.3. The Morgan fingerprint density at radius 3 is 2.74 bits per heavy atom. The minimum absolute atomic E-state index is 0.426. The standard InChI is InChI=1S/C18H18N4O/c1-13-7-8-15(18(19)23)9-17(13)20-10-14-11-21-22(12-14)16-5-3-2-4-6-16/h2-9,11-12,20H,10H2,1H3,(H2,19,23). The van der Waals surface area contributed by atoms with Crippen LogP contribution in [0.1, 0.15) is 21.5 Å². The molecule has 0 bridgehead atoms. The van der Waals surface area contributed by atoms with Gasteiger partial charge in [0.15, 0.2) is 0 Å². The lowest BCUT2D eigenvalue weighted by Crippen LogP contribution is -2.11. The van der Waals surface area contributed by atoms with E-state index in [4.69, 9.17) is 5.73 Å². The van der Waals surface area contributed by atoms with Gasteiger partial charge in [-0.1, -0.05) is 24.3 Å². The predicted octanol–water partition coefficient (Wildman–Crippen LogP) is 2.89. The molecule has 0 aliphatic rings. The normalized spacial score (nSPS) is 10.5. The van der Waals surface area contributed by atoms with E-state index in [-0.39, 0.29) is 0 Å². The van der Waals surface area contributed by atoms with E-state index in [9.17, 15) is 4.79 Å². The number of aromatic nitrogens is 2. The van der Waals surface area contributed by atoms with Crippen LogP contribution < -0.4 is 11.1 Å². The van der Waals surface area contributed by atoms with E-state index in [0.717, 1.165) is 22.5 Å². The molecule has 0 unspecified atom stereocenters. The summed E-state index contributed by atoms with van der Waals surface area (Å²) in [4.78, 5) is 11.3. The van der Waals surface area contributed by atoms with Crippen molar-refractivity contribution in [3.8, 4) is 5.69 Å². The van der Waals surface area contributed by atoms with Gasteiger partial charge in [-0.25, -0.2) is 4.68 Å². The lowest BCUT2D eigenvalue weighted by Gasteiger charge is -2.09. The minimum atomic E-state index is -0.426. The van der Waals surface area contributed by atoms with Gasteiger partial charge in [-0.2, -0.15) is 5.10 Å². The third kappa shape index (κ3) is 3.40. The van der Waals surface area contributed by atoms with Crippen molar-refractivity contribution in [2.24, 2.45) is 5.73 Å². The highest BCUT2D eigenvalue weighted by atomic mass is 16.1. The molecule has 2 aromatic carbocycles. The zero-order valence-corrected chi connectivity index (χ0v) is 12.9. The van der Waals surface area contributed by atoms with Gasteiger partial charge in [0.25, 0.3) is 0 Å². The molecule has 5 nitrogen and oxygen atoms in total. The van der Waals surface area contributed by atoms with Crippen LogP contribution in [-0.4, -0.2) is 15.7 Å². The number of carbonyl (C=O) groups is 1. The Balaban J connectivity index is 1.73. The Bertz CT molecular complexity index is 824. The maximum absolute atomic E-state index is 11.3. The summed E-state index contributed by atoms with van der Waals surface area (Å²) in [6.07, 6.45) is 3.81. The Kier molecular flexibility index (Phi) is 4.10. The Labute approximate surface area is 134 Å². The fourth-order valence-corrected chi connectivity index (χ4v) is 2.34. The predicted molar refractivity (Wildman–Crippen MR) is 90.6 cm³/mol. The molecule has 0 saturated carbocycles. The number of nitrogens with zero attached hydrogens (tertiary/aromatic N) is 2. The molecule has 1 heterocycles. The molecule has 0 radical (unpaired) electrons. The number of carbonyl (C=O) groups excluding carboxylic acids is 1. The van der Waals surface area contributed by atoms with E-state index in [1.165, 1.54) is 0 Å². The highest BCUT2D eigenvalue weighted by Gasteiger charge is 2.06. The lowest BCUT2D eigenvalue weighted by atomic mass is 10.1. The second-order valence-electron chi connectivity index (χ2n) is 5.38. The van der Waals surface area contributed by atoms with Crippen LogP contribution in [0.3, 0.4) is 0 Å². The van der Waals surface area contributed by atoms with Crippen molar-refractivity contribution in [1.82, 2.24) is 9.78 Å². The number of hydrogen-bond donors (Lipinski definition) is 2. The van der Waals surface area contributed by atoms with Crippen LogP contribution in [0.25, 0.3) is 5.69 Å². The largest absolute Gasteiger partial charge is 0.381 e. The van der Waals surface area contributed by atoms with Crippen molar-refractivity contribution in [1.29, 1.82) is 0 Å². The number of nitrogens with two attached hydrogens (primary N) is 1. The van der Waals surface area contributed by atoms with Crippen molar-refractivity contribution in [3.63, 3.8) is 0 Å². The number of primary amides is 1. The number of nitrogens with one attached hydrogen (secondary N) is 1. The van der Waals surface area contributed by atoms with Crippen molar-refractivity contribution < 1.29 is 4.79 Å². The van der Waals surface area contributed by atoms with Crippen LogP contribution in [0.15, 0.2) is 60.9 Å². The van der Waals surface area contributed by atoms with Crippen LogP contribution in [0.2, 0.25) is 0 Å². The summed E-state index contributed by atoms with van der Waals surface area (Å²) in [5.41, 5.74) is 9.86. The maximum Gasteiger partial charge on any atom is 0.248 e. The molecule has 1 amide bonds.